The van der Waals surface area contributed by atoms with E-state index in [-0.39, 0.29) is 30.7 Å². The molecule has 0 unspecified atom stereocenters. The van der Waals surface area contributed by atoms with Crippen molar-refractivity contribution in [3.8, 4) is 0 Å². The fourth-order valence-electron chi connectivity index (χ4n) is 1.78. The number of amides is 2. The standard InChI is InChI=1S/C12H14N2O3S/c1-12(2)11(17)13-10(16)7-14(12)6-8(15)9-4-3-5-18-9/h3-5H,6-7H2,1-2H3,(H,13,16,17). The van der Waals surface area contributed by atoms with Crippen LogP contribution in [0.1, 0.15) is 23.5 Å². The van der Waals surface area contributed by atoms with Crippen molar-refractivity contribution in [1.82, 2.24) is 10.2 Å². The lowest BCUT2D eigenvalue weighted by atomic mass is 9.98. The van der Waals surface area contributed by atoms with Crippen LogP contribution in [0.3, 0.4) is 0 Å². The third-order valence-corrected chi connectivity index (χ3v) is 3.98. The lowest BCUT2D eigenvalue weighted by Gasteiger charge is -2.39. The van der Waals surface area contributed by atoms with E-state index < -0.39 is 5.54 Å². The van der Waals surface area contributed by atoms with E-state index in [1.54, 1.807) is 30.9 Å². The van der Waals surface area contributed by atoms with Crippen LogP contribution in [0.5, 0.6) is 0 Å². The molecule has 0 bridgehead atoms. The van der Waals surface area contributed by atoms with E-state index in [9.17, 15) is 14.4 Å². The first kappa shape index (κ1) is 12.9. The first-order valence-electron chi connectivity index (χ1n) is 5.57. The van der Waals surface area contributed by atoms with Crippen LogP contribution in [0.15, 0.2) is 17.5 Å². The molecular weight excluding hydrogens is 252 g/mol. The molecule has 1 aromatic heterocycles. The topological polar surface area (TPSA) is 66.5 Å². The van der Waals surface area contributed by atoms with Gasteiger partial charge in [0.05, 0.1) is 23.5 Å². The monoisotopic (exact) mass is 266 g/mol. The minimum Gasteiger partial charge on any atom is -0.294 e. The highest BCUT2D eigenvalue weighted by atomic mass is 32.1. The van der Waals surface area contributed by atoms with Crippen LogP contribution in [0.25, 0.3) is 0 Å². The molecule has 0 aromatic carbocycles. The second kappa shape index (κ2) is 4.62. The molecule has 2 heterocycles. The largest absolute Gasteiger partial charge is 0.294 e. The lowest BCUT2D eigenvalue weighted by molar-refractivity contribution is -0.144. The van der Waals surface area contributed by atoms with Crippen LogP contribution in [-0.4, -0.2) is 41.1 Å². The number of imide groups is 1. The summed E-state index contributed by atoms with van der Waals surface area (Å²) in [4.78, 5) is 37.3. The Labute approximate surface area is 109 Å². The van der Waals surface area contributed by atoms with Crippen molar-refractivity contribution in [3.63, 3.8) is 0 Å². The maximum atomic E-state index is 12.0. The molecule has 2 amide bonds. The molecule has 1 aliphatic rings. The summed E-state index contributed by atoms with van der Waals surface area (Å²) in [5.41, 5.74) is -0.846. The molecule has 96 valence electrons. The minimum absolute atomic E-state index is 0.0653. The average molecular weight is 266 g/mol. The summed E-state index contributed by atoms with van der Waals surface area (Å²) in [6.07, 6.45) is 0. The molecule has 1 aromatic rings. The smallest absolute Gasteiger partial charge is 0.246 e. The third kappa shape index (κ3) is 2.34. The number of hydrogen-bond donors (Lipinski definition) is 1. The van der Waals surface area contributed by atoms with E-state index in [4.69, 9.17) is 0 Å². The number of nitrogens with one attached hydrogen (secondary N) is 1. The summed E-state index contributed by atoms with van der Waals surface area (Å²) in [5, 5.41) is 4.11. The number of hydrogen-bond acceptors (Lipinski definition) is 5. The molecule has 2 rings (SSSR count). The normalized spacial score (nSPS) is 19.7. The van der Waals surface area contributed by atoms with Crippen molar-refractivity contribution in [2.45, 2.75) is 19.4 Å². The fourth-order valence-corrected chi connectivity index (χ4v) is 2.43. The quantitative estimate of drug-likeness (QED) is 0.645. The molecule has 6 heteroatoms. The number of Topliss-reactive ketones (excluding diaryl/α,β-unsaturated/α-hetero) is 1. The van der Waals surface area contributed by atoms with Gasteiger partial charge in [-0.1, -0.05) is 6.07 Å². The Kier molecular flexibility index (Phi) is 3.32. The van der Waals surface area contributed by atoms with E-state index >= 15 is 0 Å². The average Bonchev–Trinajstić information content (AvgIpc) is 2.79. The maximum absolute atomic E-state index is 12.0. The summed E-state index contributed by atoms with van der Waals surface area (Å²) in [5.74, 6) is -0.795. The highest BCUT2D eigenvalue weighted by Gasteiger charge is 2.41. The van der Waals surface area contributed by atoms with Crippen molar-refractivity contribution in [3.05, 3.63) is 22.4 Å². The van der Waals surface area contributed by atoms with Gasteiger partial charge >= 0.3 is 0 Å². The zero-order chi connectivity index (χ0) is 13.3. The summed E-state index contributed by atoms with van der Waals surface area (Å²) < 4.78 is 0. The summed E-state index contributed by atoms with van der Waals surface area (Å²) in [6, 6.07) is 3.54. The molecular formula is C12H14N2O3S. The van der Waals surface area contributed by atoms with Gasteiger partial charge in [0.1, 0.15) is 0 Å². The molecule has 18 heavy (non-hydrogen) atoms. The molecule has 1 fully saturated rings. The highest BCUT2D eigenvalue weighted by Crippen LogP contribution is 2.19. The number of piperazine rings is 1. The first-order chi connectivity index (χ1) is 8.41. The lowest BCUT2D eigenvalue weighted by Crippen LogP contribution is -2.64. The van der Waals surface area contributed by atoms with Gasteiger partial charge in [-0.15, -0.1) is 11.3 Å². The zero-order valence-electron chi connectivity index (χ0n) is 10.2. The first-order valence-corrected chi connectivity index (χ1v) is 6.45. The van der Waals surface area contributed by atoms with Gasteiger partial charge < -0.3 is 0 Å². The Balaban J connectivity index is 2.14. The van der Waals surface area contributed by atoms with E-state index in [1.807, 2.05) is 5.38 Å². The van der Waals surface area contributed by atoms with Crippen molar-refractivity contribution in [2.75, 3.05) is 13.1 Å². The SMILES string of the molecule is CC1(C)C(=O)NC(=O)CN1CC(=O)c1cccs1. The van der Waals surface area contributed by atoms with Crippen molar-refractivity contribution in [2.24, 2.45) is 0 Å². The van der Waals surface area contributed by atoms with Gasteiger partial charge in [-0.05, 0) is 25.3 Å². The van der Waals surface area contributed by atoms with Gasteiger partial charge in [0.25, 0.3) is 0 Å². The predicted molar refractivity (Wildman–Crippen MR) is 67.5 cm³/mol. The Morgan fingerprint density at radius 3 is 2.83 bits per heavy atom. The number of carbonyl (C=O) groups excluding carboxylic acids is 3. The van der Waals surface area contributed by atoms with E-state index in [2.05, 4.69) is 5.32 Å². The van der Waals surface area contributed by atoms with Gasteiger partial charge in [0, 0.05) is 0 Å². The van der Waals surface area contributed by atoms with Crippen molar-refractivity contribution >= 4 is 28.9 Å². The van der Waals surface area contributed by atoms with Gasteiger partial charge in [0.15, 0.2) is 5.78 Å². The van der Waals surface area contributed by atoms with Crippen LogP contribution in [0.4, 0.5) is 0 Å². The summed E-state index contributed by atoms with van der Waals surface area (Å²) in [7, 11) is 0. The van der Waals surface area contributed by atoms with Crippen LogP contribution in [0, 0.1) is 0 Å². The second-order valence-corrected chi connectivity index (χ2v) is 5.64. The van der Waals surface area contributed by atoms with E-state index in [1.165, 1.54) is 11.3 Å². The van der Waals surface area contributed by atoms with Crippen LogP contribution >= 0.6 is 11.3 Å². The number of thiophene rings is 1. The second-order valence-electron chi connectivity index (χ2n) is 4.69. The summed E-state index contributed by atoms with van der Waals surface area (Å²) in [6.45, 7) is 3.55. The fraction of sp³-hybridized carbons (Fsp3) is 0.417. The molecule has 1 aliphatic heterocycles. The van der Waals surface area contributed by atoms with Crippen molar-refractivity contribution in [1.29, 1.82) is 0 Å². The number of carbonyl (C=O) groups is 3. The third-order valence-electron chi connectivity index (χ3n) is 3.06. The summed E-state index contributed by atoms with van der Waals surface area (Å²) >= 11 is 1.36. The molecule has 0 aliphatic carbocycles. The van der Waals surface area contributed by atoms with Gasteiger partial charge in [-0.25, -0.2) is 0 Å². The molecule has 1 saturated heterocycles. The minimum atomic E-state index is -0.846. The number of ketones is 1. The van der Waals surface area contributed by atoms with Crippen LogP contribution in [0.2, 0.25) is 0 Å². The van der Waals surface area contributed by atoms with Gasteiger partial charge in [-0.3, -0.25) is 24.6 Å². The van der Waals surface area contributed by atoms with Crippen molar-refractivity contribution < 1.29 is 14.4 Å². The maximum Gasteiger partial charge on any atom is 0.246 e. The highest BCUT2D eigenvalue weighted by molar-refractivity contribution is 7.12. The molecule has 0 radical (unpaired) electrons. The molecule has 1 N–H and O–H groups in total. The molecule has 0 spiro atoms. The molecule has 5 nitrogen and oxygen atoms in total. The van der Waals surface area contributed by atoms with Crippen LogP contribution in [-0.2, 0) is 9.59 Å². The van der Waals surface area contributed by atoms with Crippen LogP contribution < -0.4 is 5.32 Å². The Bertz CT molecular complexity index is 493. The Morgan fingerprint density at radius 1 is 1.50 bits per heavy atom. The molecule has 0 saturated carbocycles. The van der Waals surface area contributed by atoms with E-state index in [0.717, 1.165) is 0 Å². The molecule has 0 atom stereocenters. The van der Waals surface area contributed by atoms with E-state index in [0.29, 0.717) is 4.88 Å². The Hall–Kier alpha value is -1.53. The predicted octanol–water partition coefficient (Wildman–Crippen LogP) is 0.668. The number of rotatable bonds is 3. The van der Waals surface area contributed by atoms with Gasteiger partial charge in [-0.2, -0.15) is 0 Å². The number of nitrogens with zero attached hydrogens (tertiary/aromatic N) is 1. The Morgan fingerprint density at radius 2 is 2.22 bits per heavy atom. The zero-order valence-corrected chi connectivity index (χ0v) is 11.0. The van der Waals surface area contributed by atoms with Gasteiger partial charge in [0.2, 0.25) is 11.8 Å².